The number of hydrogen-bond acceptors (Lipinski definition) is 3. The molecule has 212 valence electrons. The minimum atomic E-state index is 0.136. The number of benzene rings is 2. The Morgan fingerprint density at radius 3 is 1.05 bits per heavy atom. The number of piperazine rings is 1. The van der Waals surface area contributed by atoms with E-state index in [1.54, 1.807) is 11.8 Å². The number of amides is 2. The van der Waals surface area contributed by atoms with Crippen molar-refractivity contribution >= 4 is 23.6 Å². The summed E-state index contributed by atoms with van der Waals surface area (Å²) in [6, 6.07) is 19.6. The van der Waals surface area contributed by atoms with Crippen LogP contribution >= 0.6 is 11.8 Å². The Kier molecular flexibility index (Phi) is 30.0. The fraction of sp³-hybridized carbons (Fsp3) is 0.562. The van der Waals surface area contributed by atoms with E-state index in [4.69, 9.17) is 0 Å². The summed E-state index contributed by atoms with van der Waals surface area (Å²) < 4.78 is 0. The lowest BCUT2D eigenvalue weighted by Gasteiger charge is -2.35. The minimum Gasteiger partial charge on any atom is -0.339 e. The molecule has 37 heavy (non-hydrogen) atoms. The van der Waals surface area contributed by atoms with Crippen molar-refractivity contribution in [3.05, 3.63) is 71.8 Å². The Bertz CT molecular complexity index is 680. The molecular formula is C32H56N2O2S. The molecule has 5 heteroatoms. The summed E-state index contributed by atoms with van der Waals surface area (Å²) in [7, 11) is 0. The van der Waals surface area contributed by atoms with E-state index < -0.39 is 0 Å². The second-order valence-electron chi connectivity index (χ2n) is 8.23. The van der Waals surface area contributed by atoms with Gasteiger partial charge in [-0.2, -0.15) is 11.8 Å². The maximum Gasteiger partial charge on any atom is 0.227 e. The van der Waals surface area contributed by atoms with Crippen LogP contribution in [0.15, 0.2) is 60.7 Å². The minimum absolute atomic E-state index is 0.136. The molecule has 1 fully saturated rings. The van der Waals surface area contributed by atoms with Crippen molar-refractivity contribution in [2.45, 2.75) is 75.2 Å². The van der Waals surface area contributed by atoms with Gasteiger partial charge in [0.1, 0.15) is 0 Å². The second kappa shape index (κ2) is 28.3. The smallest absolute Gasteiger partial charge is 0.227 e. The summed E-state index contributed by atoms with van der Waals surface area (Å²) >= 11 is 1.75. The third kappa shape index (κ3) is 21.5. The zero-order valence-corrected chi connectivity index (χ0v) is 26.5. The maximum atomic E-state index is 12.4. The van der Waals surface area contributed by atoms with E-state index in [0.29, 0.717) is 39.0 Å². The number of carbonyl (C=O) groups is 2. The number of rotatable bonds is 4. The van der Waals surface area contributed by atoms with Crippen LogP contribution in [-0.4, -0.2) is 60.3 Å². The van der Waals surface area contributed by atoms with Crippen LogP contribution in [-0.2, 0) is 22.4 Å². The standard InChI is InChI=1S/C20H22N2O2.C4H10.C2H6S.3C2H6/c23-19(15-17-7-3-1-4-8-17)21-11-13-22(14-12-21)20(24)16-18-9-5-2-6-10-18;1-4(2)3;1-3-2;3*1-2/h1-10H,11-16H2;4H,1-3H3;1-2H3;3*1-2H3. The highest BCUT2D eigenvalue weighted by atomic mass is 32.2. The van der Waals surface area contributed by atoms with E-state index in [-0.39, 0.29) is 11.8 Å². The maximum absolute atomic E-state index is 12.4. The zero-order chi connectivity index (χ0) is 29.1. The summed E-state index contributed by atoms with van der Waals surface area (Å²) in [6.07, 6.45) is 4.94. The third-order valence-electron chi connectivity index (χ3n) is 4.38. The molecule has 1 aliphatic heterocycles. The van der Waals surface area contributed by atoms with Crippen LogP contribution in [0.2, 0.25) is 0 Å². The van der Waals surface area contributed by atoms with Crippen LogP contribution in [0.1, 0.15) is 73.4 Å². The SMILES string of the molecule is CC.CC.CC.CC(C)C.CSC.O=C(Cc1ccccc1)N1CCN(C(=O)Cc2ccccc2)CC1. The topological polar surface area (TPSA) is 40.6 Å². The van der Waals surface area contributed by atoms with Gasteiger partial charge in [0.25, 0.3) is 0 Å². The molecule has 4 nitrogen and oxygen atoms in total. The van der Waals surface area contributed by atoms with E-state index in [9.17, 15) is 9.59 Å². The predicted molar refractivity (Wildman–Crippen MR) is 167 cm³/mol. The Labute approximate surface area is 234 Å². The zero-order valence-electron chi connectivity index (χ0n) is 25.7. The molecule has 0 spiro atoms. The van der Waals surface area contributed by atoms with Crippen LogP contribution < -0.4 is 0 Å². The van der Waals surface area contributed by atoms with Crippen molar-refractivity contribution in [2.24, 2.45) is 5.92 Å². The molecule has 3 rings (SSSR count). The van der Waals surface area contributed by atoms with Crippen molar-refractivity contribution in [3.8, 4) is 0 Å². The van der Waals surface area contributed by atoms with Gasteiger partial charge in [-0.15, -0.1) is 0 Å². The van der Waals surface area contributed by atoms with Gasteiger partial charge >= 0.3 is 0 Å². The largest absolute Gasteiger partial charge is 0.339 e. The van der Waals surface area contributed by atoms with Gasteiger partial charge in [0, 0.05) is 26.2 Å². The summed E-state index contributed by atoms with van der Waals surface area (Å²) in [5.41, 5.74) is 2.06. The van der Waals surface area contributed by atoms with Crippen molar-refractivity contribution in [3.63, 3.8) is 0 Å². The number of nitrogens with zero attached hydrogens (tertiary/aromatic N) is 2. The van der Waals surface area contributed by atoms with E-state index in [1.807, 2.05) is 125 Å². The normalized spacial score (nSPS) is 11.4. The van der Waals surface area contributed by atoms with Crippen LogP contribution in [0, 0.1) is 5.92 Å². The average molecular weight is 533 g/mol. The monoisotopic (exact) mass is 532 g/mol. The van der Waals surface area contributed by atoms with Crippen LogP contribution in [0.5, 0.6) is 0 Å². The molecule has 2 aromatic carbocycles. The fourth-order valence-electron chi connectivity index (χ4n) is 2.97. The summed E-state index contributed by atoms with van der Waals surface area (Å²) in [6.45, 7) is 21.0. The molecule has 1 heterocycles. The molecule has 0 saturated carbocycles. The molecular weight excluding hydrogens is 476 g/mol. The number of thioether (sulfide) groups is 1. The molecule has 0 atom stereocenters. The van der Waals surface area contributed by atoms with Gasteiger partial charge < -0.3 is 9.80 Å². The predicted octanol–water partition coefficient (Wildman–Crippen LogP) is 7.86. The first-order valence-electron chi connectivity index (χ1n) is 13.9. The Hall–Kier alpha value is -2.27. The summed E-state index contributed by atoms with van der Waals surface area (Å²) in [4.78, 5) is 28.4. The Balaban J connectivity index is -0.000000760. The summed E-state index contributed by atoms with van der Waals surface area (Å²) in [5.74, 6) is 1.10. The highest BCUT2D eigenvalue weighted by molar-refractivity contribution is 7.97. The number of hydrogen-bond donors (Lipinski definition) is 0. The second-order valence-corrected chi connectivity index (χ2v) is 9.04. The van der Waals surface area contributed by atoms with Gasteiger partial charge in [-0.1, -0.05) is 123 Å². The molecule has 2 aromatic rings. The van der Waals surface area contributed by atoms with Gasteiger partial charge in [-0.3, -0.25) is 9.59 Å². The molecule has 0 N–H and O–H groups in total. The summed E-state index contributed by atoms with van der Waals surface area (Å²) in [5, 5.41) is 0. The third-order valence-corrected chi connectivity index (χ3v) is 4.38. The van der Waals surface area contributed by atoms with Crippen LogP contribution in [0.25, 0.3) is 0 Å². The molecule has 0 unspecified atom stereocenters. The van der Waals surface area contributed by atoms with Gasteiger partial charge in [-0.25, -0.2) is 0 Å². The Morgan fingerprint density at radius 1 is 0.622 bits per heavy atom. The first-order valence-corrected chi connectivity index (χ1v) is 15.5. The van der Waals surface area contributed by atoms with E-state index >= 15 is 0 Å². The van der Waals surface area contributed by atoms with E-state index in [2.05, 4.69) is 20.8 Å². The first-order chi connectivity index (χ1) is 17.9. The van der Waals surface area contributed by atoms with Gasteiger partial charge in [0.05, 0.1) is 12.8 Å². The van der Waals surface area contributed by atoms with E-state index in [0.717, 1.165) is 17.0 Å². The lowest BCUT2D eigenvalue weighted by Crippen LogP contribution is -2.51. The van der Waals surface area contributed by atoms with E-state index in [1.165, 1.54) is 0 Å². The van der Waals surface area contributed by atoms with Crippen LogP contribution in [0.3, 0.4) is 0 Å². The molecule has 2 amide bonds. The molecule has 0 bridgehead atoms. The molecule has 0 aliphatic carbocycles. The van der Waals surface area contributed by atoms with Gasteiger partial charge in [-0.05, 0) is 29.6 Å². The lowest BCUT2D eigenvalue weighted by molar-refractivity contribution is -0.138. The lowest BCUT2D eigenvalue weighted by atomic mass is 10.1. The van der Waals surface area contributed by atoms with Crippen molar-refractivity contribution < 1.29 is 9.59 Å². The Morgan fingerprint density at radius 2 is 0.838 bits per heavy atom. The highest BCUT2D eigenvalue weighted by Crippen LogP contribution is 2.09. The van der Waals surface area contributed by atoms with Crippen molar-refractivity contribution in [1.29, 1.82) is 0 Å². The molecule has 0 aromatic heterocycles. The van der Waals surface area contributed by atoms with Gasteiger partial charge in [0.15, 0.2) is 0 Å². The quantitative estimate of drug-likeness (QED) is 0.402. The number of carbonyl (C=O) groups excluding carboxylic acids is 2. The van der Waals surface area contributed by atoms with Gasteiger partial charge in [0.2, 0.25) is 11.8 Å². The van der Waals surface area contributed by atoms with Crippen molar-refractivity contribution in [2.75, 3.05) is 38.7 Å². The highest BCUT2D eigenvalue weighted by Gasteiger charge is 2.24. The van der Waals surface area contributed by atoms with Crippen LogP contribution in [0.4, 0.5) is 0 Å². The first kappa shape index (κ1) is 39.2. The van der Waals surface area contributed by atoms with Crippen molar-refractivity contribution in [1.82, 2.24) is 9.80 Å². The fourth-order valence-corrected chi connectivity index (χ4v) is 2.97. The molecule has 1 aliphatic rings. The average Bonchev–Trinajstić information content (AvgIpc) is 2.93. The molecule has 1 saturated heterocycles. The molecule has 0 radical (unpaired) electrons.